The highest BCUT2D eigenvalue weighted by Crippen LogP contribution is 2.36. The Balaban J connectivity index is 1.64. The first-order valence-electron chi connectivity index (χ1n) is 13.6. The predicted molar refractivity (Wildman–Crippen MR) is 161 cm³/mol. The molecule has 0 saturated carbocycles. The highest BCUT2D eigenvalue weighted by atomic mass is 32.2. The van der Waals surface area contributed by atoms with E-state index in [-0.39, 0.29) is 28.7 Å². The number of pyridine rings is 2. The second-order valence-corrected chi connectivity index (χ2v) is 12.9. The molecule has 0 bridgehead atoms. The second kappa shape index (κ2) is 11.1. The summed E-state index contributed by atoms with van der Waals surface area (Å²) in [4.78, 5) is 35.2. The summed E-state index contributed by atoms with van der Waals surface area (Å²) in [7, 11) is -2.52. The van der Waals surface area contributed by atoms with Gasteiger partial charge in [0.25, 0.3) is 15.9 Å². The van der Waals surface area contributed by atoms with E-state index in [1.807, 2.05) is 39.8 Å². The van der Waals surface area contributed by atoms with Crippen LogP contribution in [0.4, 0.5) is 4.79 Å². The molecule has 0 fully saturated rings. The molecule has 4 heterocycles. The van der Waals surface area contributed by atoms with Gasteiger partial charge in [0.1, 0.15) is 11.3 Å². The first-order chi connectivity index (χ1) is 19.9. The zero-order valence-electron chi connectivity index (χ0n) is 24.2. The smallest absolute Gasteiger partial charge is 0.410 e. The molecular weight excluding hydrogens is 554 g/mol. The van der Waals surface area contributed by atoms with Gasteiger partial charge >= 0.3 is 6.09 Å². The number of ether oxygens (including phenoxy) is 1. The summed E-state index contributed by atoms with van der Waals surface area (Å²) in [6.07, 6.45) is 5.03. The highest BCUT2D eigenvalue weighted by molar-refractivity contribution is 7.90. The lowest BCUT2D eigenvalue weighted by atomic mass is 10.0. The summed E-state index contributed by atoms with van der Waals surface area (Å²) in [6, 6.07) is 13.7. The van der Waals surface area contributed by atoms with Crippen molar-refractivity contribution in [3.63, 3.8) is 0 Å². The molecule has 0 unspecified atom stereocenters. The molecule has 1 N–H and O–H groups in total. The highest BCUT2D eigenvalue weighted by Gasteiger charge is 2.30. The lowest BCUT2D eigenvalue weighted by Crippen LogP contribution is -2.39. The number of amides is 2. The molecule has 0 aliphatic carbocycles. The maximum atomic E-state index is 14.2. The number of aryl methyl sites for hydroxylation is 1. The van der Waals surface area contributed by atoms with Crippen LogP contribution in [0, 0.1) is 6.92 Å². The Kier molecular flexibility index (Phi) is 7.63. The van der Waals surface area contributed by atoms with Crippen molar-refractivity contribution in [2.75, 3.05) is 20.1 Å². The summed E-state index contributed by atoms with van der Waals surface area (Å²) in [6.45, 7) is 8.00. The van der Waals surface area contributed by atoms with Crippen molar-refractivity contribution in [2.45, 2.75) is 44.6 Å². The van der Waals surface area contributed by atoms with Gasteiger partial charge in [0.05, 0.1) is 10.6 Å². The fourth-order valence-corrected chi connectivity index (χ4v) is 6.31. The minimum Gasteiger partial charge on any atom is -0.444 e. The van der Waals surface area contributed by atoms with Crippen molar-refractivity contribution < 1.29 is 22.7 Å². The fraction of sp³-hybridized carbons (Fsp3) is 0.290. The molecule has 42 heavy (non-hydrogen) atoms. The van der Waals surface area contributed by atoms with Gasteiger partial charge in [-0.1, -0.05) is 29.8 Å². The SMILES string of the molecule is CNC(=O)c1ccc(-c2ccnc3c2cc(C2=CCN(C(=O)OC(C)(C)C)CC2)n3S(=O)(=O)c2ccc(C)cc2)cn1. The van der Waals surface area contributed by atoms with E-state index in [0.29, 0.717) is 29.6 Å². The molecule has 0 atom stereocenters. The molecule has 3 aromatic heterocycles. The zero-order valence-corrected chi connectivity index (χ0v) is 25.0. The lowest BCUT2D eigenvalue weighted by Gasteiger charge is -2.29. The van der Waals surface area contributed by atoms with Crippen LogP contribution in [0.1, 0.15) is 48.9 Å². The zero-order chi connectivity index (χ0) is 30.2. The number of nitrogens with one attached hydrogen (secondary N) is 1. The Bertz CT molecular complexity index is 1800. The largest absolute Gasteiger partial charge is 0.444 e. The first-order valence-corrected chi connectivity index (χ1v) is 15.0. The third-order valence-electron chi connectivity index (χ3n) is 6.94. The van der Waals surface area contributed by atoms with Crippen molar-refractivity contribution in [1.82, 2.24) is 24.2 Å². The van der Waals surface area contributed by atoms with Crippen LogP contribution >= 0.6 is 0 Å². The molecule has 11 heteroatoms. The van der Waals surface area contributed by atoms with E-state index in [0.717, 1.165) is 16.7 Å². The topological polar surface area (TPSA) is 123 Å². The number of nitrogens with zero attached hydrogens (tertiary/aromatic N) is 4. The molecule has 0 radical (unpaired) electrons. The second-order valence-electron chi connectivity index (χ2n) is 11.1. The predicted octanol–water partition coefficient (Wildman–Crippen LogP) is 5.03. The third kappa shape index (κ3) is 5.64. The average Bonchev–Trinajstić information content (AvgIpc) is 3.37. The van der Waals surface area contributed by atoms with Gasteiger partial charge in [-0.15, -0.1) is 0 Å². The summed E-state index contributed by atoms with van der Waals surface area (Å²) in [5.74, 6) is -0.302. The lowest BCUT2D eigenvalue weighted by molar-refractivity contribution is 0.0270. The van der Waals surface area contributed by atoms with E-state index in [9.17, 15) is 18.0 Å². The van der Waals surface area contributed by atoms with Gasteiger partial charge in [0.15, 0.2) is 5.65 Å². The minimum atomic E-state index is -4.05. The number of fused-ring (bicyclic) bond motifs is 1. The Labute approximate surface area is 245 Å². The Hall–Kier alpha value is -4.51. The number of hydrogen-bond acceptors (Lipinski definition) is 7. The van der Waals surface area contributed by atoms with Crippen molar-refractivity contribution in [3.05, 3.63) is 84.0 Å². The maximum absolute atomic E-state index is 14.2. The van der Waals surface area contributed by atoms with Gasteiger partial charge in [-0.3, -0.25) is 9.78 Å². The normalized spacial score (nSPS) is 14.0. The van der Waals surface area contributed by atoms with Crippen molar-refractivity contribution in [3.8, 4) is 11.1 Å². The van der Waals surface area contributed by atoms with Crippen LogP contribution in [0.25, 0.3) is 27.7 Å². The van der Waals surface area contributed by atoms with E-state index < -0.39 is 21.7 Å². The Morgan fingerprint density at radius 2 is 1.76 bits per heavy atom. The third-order valence-corrected chi connectivity index (χ3v) is 8.66. The standard InChI is InChI=1S/C31H33N5O5S/c1-20-6-9-23(10-7-20)42(39,40)36-27(21-13-16-35(17-14-21)30(38)41-31(2,3)4)18-25-24(12-15-33-28(25)36)22-8-11-26(34-19-22)29(37)32-5/h6-13,15,18-19H,14,16-17H2,1-5H3,(H,32,37). The van der Waals surface area contributed by atoms with E-state index >= 15 is 0 Å². The summed E-state index contributed by atoms with van der Waals surface area (Å²) < 4.78 is 35.1. The van der Waals surface area contributed by atoms with Crippen LogP contribution in [0.3, 0.4) is 0 Å². The minimum absolute atomic E-state index is 0.141. The molecule has 5 rings (SSSR count). The molecule has 1 aromatic carbocycles. The van der Waals surface area contributed by atoms with Crippen LogP contribution in [0.2, 0.25) is 0 Å². The van der Waals surface area contributed by atoms with E-state index in [4.69, 9.17) is 4.74 Å². The van der Waals surface area contributed by atoms with E-state index in [1.54, 1.807) is 59.8 Å². The molecule has 0 saturated heterocycles. The van der Waals surface area contributed by atoms with Crippen LogP contribution < -0.4 is 5.32 Å². The number of carbonyl (C=O) groups excluding carboxylic acids is 2. The Morgan fingerprint density at radius 1 is 1.02 bits per heavy atom. The number of carbonyl (C=O) groups is 2. The number of hydrogen-bond donors (Lipinski definition) is 1. The fourth-order valence-electron chi connectivity index (χ4n) is 4.82. The summed E-state index contributed by atoms with van der Waals surface area (Å²) in [5.41, 5.74) is 3.55. The molecule has 218 valence electrons. The molecule has 1 aliphatic rings. The van der Waals surface area contributed by atoms with Crippen LogP contribution in [-0.2, 0) is 14.8 Å². The van der Waals surface area contributed by atoms with Crippen LogP contribution in [-0.4, -0.2) is 65.0 Å². The van der Waals surface area contributed by atoms with Crippen molar-refractivity contribution in [1.29, 1.82) is 0 Å². The van der Waals surface area contributed by atoms with Gasteiger partial charge in [0.2, 0.25) is 0 Å². The number of rotatable bonds is 5. The summed E-state index contributed by atoms with van der Waals surface area (Å²) in [5, 5.41) is 3.17. The number of benzene rings is 1. The maximum Gasteiger partial charge on any atom is 0.410 e. The molecule has 10 nitrogen and oxygen atoms in total. The molecule has 1 aliphatic heterocycles. The molecule has 4 aromatic rings. The molecular formula is C31H33N5O5S. The monoisotopic (exact) mass is 587 g/mol. The van der Waals surface area contributed by atoms with Crippen LogP contribution in [0.15, 0.2) is 71.9 Å². The van der Waals surface area contributed by atoms with Gasteiger partial charge in [-0.05, 0) is 75.6 Å². The van der Waals surface area contributed by atoms with Gasteiger partial charge in [-0.2, -0.15) is 0 Å². The van der Waals surface area contributed by atoms with E-state index in [1.165, 1.54) is 11.0 Å². The van der Waals surface area contributed by atoms with Gasteiger partial charge in [-0.25, -0.2) is 22.2 Å². The van der Waals surface area contributed by atoms with Gasteiger partial charge < -0.3 is 15.0 Å². The van der Waals surface area contributed by atoms with Gasteiger partial charge in [0, 0.05) is 43.5 Å². The Morgan fingerprint density at radius 3 is 2.36 bits per heavy atom. The van der Waals surface area contributed by atoms with Crippen molar-refractivity contribution in [2.24, 2.45) is 0 Å². The molecule has 2 amide bonds. The summed E-state index contributed by atoms with van der Waals surface area (Å²) >= 11 is 0. The first kappa shape index (κ1) is 29.0. The van der Waals surface area contributed by atoms with Crippen molar-refractivity contribution >= 4 is 38.6 Å². The average molecular weight is 588 g/mol. The quantitative estimate of drug-likeness (QED) is 0.347. The van der Waals surface area contributed by atoms with Crippen LogP contribution in [0.5, 0.6) is 0 Å². The van der Waals surface area contributed by atoms with E-state index in [2.05, 4.69) is 15.3 Å². The number of aromatic nitrogens is 3. The molecule has 0 spiro atoms.